The van der Waals surface area contributed by atoms with Crippen molar-refractivity contribution in [3.63, 3.8) is 0 Å². The minimum absolute atomic E-state index is 0.0874. The number of aromatic nitrogens is 4. The van der Waals surface area contributed by atoms with Crippen molar-refractivity contribution < 1.29 is 24.0 Å². The zero-order valence-electron chi connectivity index (χ0n) is 28.6. The molecular formula is C37H41N9O5. The minimum Gasteiger partial charge on any atom is -0.371 e. The van der Waals surface area contributed by atoms with Gasteiger partial charge in [-0.2, -0.15) is 5.10 Å². The predicted molar refractivity (Wildman–Crippen MR) is 188 cm³/mol. The Hall–Kier alpha value is -5.37. The second kappa shape index (κ2) is 13.4. The number of amides is 5. The number of imide groups is 2. The molecule has 0 saturated carbocycles. The summed E-state index contributed by atoms with van der Waals surface area (Å²) in [7, 11) is 2.15. The van der Waals surface area contributed by atoms with Crippen LogP contribution in [0.5, 0.6) is 0 Å². The molecule has 3 fully saturated rings. The molecule has 14 heteroatoms. The van der Waals surface area contributed by atoms with Gasteiger partial charge >= 0.3 is 0 Å². The maximum absolute atomic E-state index is 13.5. The number of hydrogen-bond acceptors (Lipinski definition) is 9. The van der Waals surface area contributed by atoms with Crippen molar-refractivity contribution in [1.29, 1.82) is 0 Å². The van der Waals surface area contributed by atoms with Gasteiger partial charge in [-0.15, -0.1) is 0 Å². The van der Waals surface area contributed by atoms with Gasteiger partial charge in [0.05, 0.1) is 34.1 Å². The van der Waals surface area contributed by atoms with Crippen LogP contribution in [0.2, 0.25) is 0 Å². The molecule has 3 saturated heterocycles. The lowest BCUT2D eigenvalue weighted by molar-refractivity contribution is -0.136. The van der Waals surface area contributed by atoms with E-state index in [9.17, 15) is 24.0 Å². The van der Waals surface area contributed by atoms with Crippen LogP contribution in [0.25, 0.3) is 10.9 Å². The summed E-state index contributed by atoms with van der Waals surface area (Å²) in [5.74, 6) is -1.24. The number of nitrogens with one attached hydrogen (secondary N) is 3. The molecule has 3 aromatic heterocycles. The van der Waals surface area contributed by atoms with Crippen LogP contribution < -0.4 is 15.5 Å². The molecule has 1 unspecified atom stereocenters. The Morgan fingerprint density at radius 1 is 0.980 bits per heavy atom. The number of fused-ring (bicyclic) bond motifs is 2. The molecule has 14 nitrogen and oxygen atoms in total. The van der Waals surface area contributed by atoms with Crippen LogP contribution in [0.3, 0.4) is 0 Å². The summed E-state index contributed by atoms with van der Waals surface area (Å²) in [5, 5.41) is 10.6. The molecule has 264 valence electrons. The molecule has 2 atom stereocenters. The van der Waals surface area contributed by atoms with Gasteiger partial charge in [0.25, 0.3) is 17.7 Å². The zero-order chi connectivity index (χ0) is 35.2. The molecule has 1 aromatic carbocycles. The van der Waals surface area contributed by atoms with Crippen molar-refractivity contribution in [2.45, 2.75) is 70.0 Å². The van der Waals surface area contributed by atoms with E-state index in [-0.39, 0.29) is 18.7 Å². The SMILES string of the molecule is CN1CCC[C@@H]1c1cc2cnc(NC(=O)c3cnn(CCCC4CCN(c5cccc6c5C(=O)N(C5CCC(=O)NC5=O)C6=O)CC4)c3)cc2[nH]1. The molecule has 7 heterocycles. The third kappa shape index (κ3) is 6.28. The number of rotatable bonds is 9. The topological polar surface area (TPSA) is 166 Å². The van der Waals surface area contributed by atoms with E-state index in [2.05, 4.69) is 48.6 Å². The van der Waals surface area contributed by atoms with Gasteiger partial charge < -0.3 is 15.2 Å². The van der Waals surface area contributed by atoms with Crippen molar-refractivity contribution in [2.75, 3.05) is 36.9 Å². The van der Waals surface area contributed by atoms with Gasteiger partial charge in [0, 0.05) is 61.6 Å². The van der Waals surface area contributed by atoms with E-state index in [0.717, 1.165) is 67.5 Å². The van der Waals surface area contributed by atoms with Crippen LogP contribution in [-0.4, -0.2) is 91.8 Å². The highest BCUT2D eigenvalue weighted by atomic mass is 16.2. The van der Waals surface area contributed by atoms with Crippen LogP contribution in [0.1, 0.15) is 94.2 Å². The highest BCUT2D eigenvalue weighted by Crippen LogP contribution is 2.36. The maximum atomic E-state index is 13.5. The lowest BCUT2D eigenvalue weighted by atomic mass is 9.91. The van der Waals surface area contributed by atoms with Crippen LogP contribution in [0.15, 0.2) is 48.9 Å². The number of H-pyrrole nitrogens is 1. The second-order valence-electron chi connectivity index (χ2n) is 14.2. The first-order valence-corrected chi connectivity index (χ1v) is 17.9. The average Bonchev–Trinajstić information content (AvgIpc) is 3.92. The molecule has 0 aliphatic carbocycles. The Morgan fingerprint density at radius 3 is 2.61 bits per heavy atom. The molecule has 0 bridgehead atoms. The normalized spacial score (nSPS) is 21.5. The fourth-order valence-corrected chi connectivity index (χ4v) is 8.16. The molecule has 4 aliphatic heterocycles. The van der Waals surface area contributed by atoms with Gasteiger partial charge in [-0.05, 0) is 82.7 Å². The number of aryl methyl sites for hydroxylation is 1. The summed E-state index contributed by atoms with van der Waals surface area (Å²) in [4.78, 5) is 77.5. The van der Waals surface area contributed by atoms with Crippen molar-refractivity contribution in [3.05, 3.63) is 71.3 Å². The minimum atomic E-state index is -0.983. The highest BCUT2D eigenvalue weighted by Gasteiger charge is 2.46. The molecule has 8 rings (SSSR count). The van der Waals surface area contributed by atoms with Gasteiger partial charge in [0.2, 0.25) is 11.8 Å². The molecule has 4 aliphatic rings. The number of likely N-dealkylation sites (tertiary alicyclic amines) is 1. The quantitative estimate of drug-likeness (QED) is 0.221. The summed E-state index contributed by atoms with van der Waals surface area (Å²) in [6.45, 7) is 3.27. The van der Waals surface area contributed by atoms with Crippen LogP contribution in [0.4, 0.5) is 11.5 Å². The first-order chi connectivity index (χ1) is 24.7. The van der Waals surface area contributed by atoms with Gasteiger partial charge in [-0.1, -0.05) is 6.07 Å². The van der Waals surface area contributed by atoms with Gasteiger partial charge in [0.15, 0.2) is 0 Å². The molecule has 51 heavy (non-hydrogen) atoms. The van der Waals surface area contributed by atoms with Crippen molar-refractivity contribution in [1.82, 2.24) is 34.9 Å². The maximum Gasteiger partial charge on any atom is 0.264 e. The Balaban J connectivity index is 0.823. The summed E-state index contributed by atoms with van der Waals surface area (Å²) >= 11 is 0. The van der Waals surface area contributed by atoms with Gasteiger partial charge in [-0.3, -0.25) is 43.8 Å². The van der Waals surface area contributed by atoms with E-state index in [0.29, 0.717) is 46.7 Å². The number of carbonyl (C=O) groups is 5. The predicted octanol–water partition coefficient (Wildman–Crippen LogP) is 3.88. The first-order valence-electron chi connectivity index (χ1n) is 17.9. The fourth-order valence-electron chi connectivity index (χ4n) is 8.16. The highest BCUT2D eigenvalue weighted by molar-refractivity contribution is 6.25. The summed E-state index contributed by atoms with van der Waals surface area (Å²) in [6.07, 6.45) is 11.5. The number of anilines is 2. The van der Waals surface area contributed by atoms with E-state index in [1.807, 2.05) is 12.1 Å². The van der Waals surface area contributed by atoms with E-state index >= 15 is 0 Å². The second-order valence-corrected chi connectivity index (χ2v) is 14.2. The Kier molecular flexibility index (Phi) is 8.62. The van der Waals surface area contributed by atoms with E-state index in [4.69, 9.17) is 0 Å². The number of pyridine rings is 1. The smallest absolute Gasteiger partial charge is 0.264 e. The van der Waals surface area contributed by atoms with Crippen molar-refractivity contribution in [2.24, 2.45) is 5.92 Å². The monoisotopic (exact) mass is 691 g/mol. The largest absolute Gasteiger partial charge is 0.371 e. The van der Waals surface area contributed by atoms with Gasteiger partial charge in [-0.25, -0.2) is 4.98 Å². The third-order valence-electron chi connectivity index (χ3n) is 10.9. The van der Waals surface area contributed by atoms with Crippen LogP contribution >= 0.6 is 0 Å². The molecule has 0 spiro atoms. The fraction of sp³-hybridized carbons (Fsp3) is 0.432. The third-order valence-corrected chi connectivity index (χ3v) is 10.9. The number of hydrogen-bond donors (Lipinski definition) is 3. The number of carbonyl (C=O) groups excluding carboxylic acids is 5. The van der Waals surface area contributed by atoms with E-state index < -0.39 is 29.7 Å². The summed E-state index contributed by atoms with van der Waals surface area (Å²) in [6, 6.07) is 8.69. The van der Waals surface area contributed by atoms with Gasteiger partial charge in [0.1, 0.15) is 11.9 Å². The number of benzene rings is 1. The van der Waals surface area contributed by atoms with Crippen LogP contribution in [-0.2, 0) is 16.1 Å². The number of nitrogens with zero attached hydrogens (tertiary/aromatic N) is 6. The Labute approximate surface area is 294 Å². The summed E-state index contributed by atoms with van der Waals surface area (Å²) < 4.78 is 1.81. The zero-order valence-corrected chi connectivity index (χ0v) is 28.6. The number of aromatic amines is 1. The average molecular weight is 692 g/mol. The molecule has 0 radical (unpaired) electrons. The molecule has 5 amide bonds. The molecule has 3 N–H and O–H groups in total. The lowest BCUT2D eigenvalue weighted by Crippen LogP contribution is -2.54. The van der Waals surface area contributed by atoms with Crippen LogP contribution in [0, 0.1) is 5.92 Å². The molecular weight excluding hydrogens is 650 g/mol. The standard InChI is InChI=1S/C37H41N9O5/c1-43-13-4-8-28(43)27-17-23-19-38-31(18-26(23)40-27)41-34(48)24-20-39-45(21-24)14-3-5-22-11-15-44(16-12-22)29-7-2-6-25-33(29)37(51)46(36(25)50)30-9-10-32(47)42-35(30)49/h2,6-7,17-22,28,30,40H,3-5,8-16H2,1H3,(H,38,41,48)(H,42,47,49)/t28-,30?/m1/s1. The number of piperidine rings is 2. The Morgan fingerprint density at radius 2 is 1.82 bits per heavy atom. The lowest BCUT2D eigenvalue weighted by Gasteiger charge is -2.34. The Bertz CT molecular complexity index is 2040. The van der Waals surface area contributed by atoms with Crippen molar-refractivity contribution >= 4 is 51.9 Å². The van der Waals surface area contributed by atoms with Crippen molar-refractivity contribution in [3.8, 4) is 0 Å². The van der Waals surface area contributed by atoms with E-state index in [1.54, 1.807) is 35.4 Å². The van der Waals surface area contributed by atoms with E-state index in [1.165, 1.54) is 12.1 Å². The first kappa shape index (κ1) is 32.8. The molecule has 4 aromatic rings. The summed E-state index contributed by atoms with van der Waals surface area (Å²) in [5.41, 5.74) is 3.96.